The van der Waals surface area contributed by atoms with Crippen molar-refractivity contribution in [1.82, 2.24) is 4.90 Å². The molecule has 1 unspecified atom stereocenters. The number of ether oxygens (including phenoxy) is 1. The van der Waals surface area contributed by atoms with Crippen LogP contribution in [-0.4, -0.2) is 42.1 Å². The number of nitrogens with zero attached hydrogens (tertiary/aromatic N) is 1. The van der Waals surface area contributed by atoms with Gasteiger partial charge in [-0.3, -0.25) is 4.79 Å². The van der Waals surface area contributed by atoms with Crippen LogP contribution in [0.1, 0.15) is 23.3 Å². The summed E-state index contributed by atoms with van der Waals surface area (Å²) in [6, 6.07) is 1.91. The number of amides is 1. The Morgan fingerprint density at radius 2 is 2.38 bits per heavy atom. The quantitative estimate of drug-likeness (QED) is 0.847. The molecule has 0 aliphatic carbocycles. The van der Waals surface area contributed by atoms with E-state index in [9.17, 15) is 9.59 Å². The number of aliphatic carboxylic acids is 1. The summed E-state index contributed by atoms with van der Waals surface area (Å²) in [6.45, 7) is 1.80. The highest BCUT2D eigenvalue weighted by atomic mass is 32.1. The van der Waals surface area contributed by atoms with Gasteiger partial charge in [0.15, 0.2) is 0 Å². The Labute approximate surface area is 127 Å². The largest absolute Gasteiger partial charge is 0.478 e. The molecule has 0 bridgehead atoms. The van der Waals surface area contributed by atoms with Crippen molar-refractivity contribution in [2.45, 2.75) is 19.4 Å². The third-order valence-electron chi connectivity index (χ3n) is 3.37. The number of carboxylic acids is 1. The maximum absolute atomic E-state index is 12.3. The zero-order valence-electron chi connectivity index (χ0n) is 11.9. The standard InChI is InChI=1S/C15H19NO4S/c1-16(15(19)12-3-2-6-20-9-12)8-13-7-11(10-21-13)4-5-14(17)18/h4-5,7,10,12H,2-3,6,8-9H2,1H3,(H,17,18). The molecule has 1 aromatic heterocycles. The van der Waals surface area contributed by atoms with Crippen LogP contribution in [0.3, 0.4) is 0 Å². The van der Waals surface area contributed by atoms with Gasteiger partial charge in [-0.15, -0.1) is 11.3 Å². The van der Waals surface area contributed by atoms with Crippen LogP contribution in [0.4, 0.5) is 0 Å². The Morgan fingerprint density at radius 1 is 1.57 bits per heavy atom. The minimum absolute atomic E-state index is 0.0323. The van der Waals surface area contributed by atoms with Gasteiger partial charge in [-0.05, 0) is 35.9 Å². The van der Waals surface area contributed by atoms with Crippen molar-refractivity contribution in [2.75, 3.05) is 20.3 Å². The van der Waals surface area contributed by atoms with Crippen molar-refractivity contribution in [3.63, 3.8) is 0 Å². The van der Waals surface area contributed by atoms with E-state index in [-0.39, 0.29) is 11.8 Å². The molecule has 1 aromatic rings. The van der Waals surface area contributed by atoms with E-state index in [1.807, 2.05) is 11.4 Å². The molecule has 1 saturated heterocycles. The van der Waals surface area contributed by atoms with Crippen LogP contribution in [0.2, 0.25) is 0 Å². The number of hydrogen-bond donors (Lipinski definition) is 1. The maximum atomic E-state index is 12.3. The molecule has 1 amide bonds. The molecule has 1 aliphatic heterocycles. The van der Waals surface area contributed by atoms with Gasteiger partial charge >= 0.3 is 5.97 Å². The van der Waals surface area contributed by atoms with Gasteiger partial charge in [0.05, 0.1) is 19.1 Å². The summed E-state index contributed by atoms with van der Waals surface area (Å²) < 4.78 is 5.35. The van der Waals surface area contributed by atoms with Crippen molar-refractivity contribution < 1.29 is 19.4 Å². The average Bonchev–Trinajstić information content (AvgIpc) is 2.92. The van der Waals surface area contributed by atoms with Crippen molar-refractivity contribution >= 4 is 29.3 Å². The van der Waals surface area contributed by atoms with Crippen LogP contribution in [-0.2, 0) is 20.9 Å². The Bertz CT molecular complexity index is 532. The van der Waals surface area contributed by atoms with E-state index in [1.165, 1.54) is 11.3 Å². The second-order valence-electron chi connectivity index (χ2n) is 5.13. The topological polar surface area (TPSA) is 66.8 Å². The van der Waals surface area contributed by atoms with Crippen molar-refractivity contribution in [1.29, 1.82) is 0 Å². The first-order chi connectivity index (χ1) is 10.1. The van der Waals surface area contributed by atoms with Gasteiger partial charge in [0.25, 0.3) is 0 Å². The summed E-state index contributed by atoms with van der Waals surface area (Å²) in [5.41, 5.74) is 0.847. The van der Waals surface area contributed by atoms with E-state index < -0.39 is 5.97 Å². The fourth-order valence-electron chi connectivity index (χ4n) is 2.29. The monoisotopic (exact) mass is 309 g/mol. The number of carbonyl (C=O) groups is 2. The molecule has 1 fully saturated rings. The molecule has 21 heavy (non-hydrogen) atoms. The molecule has 1 N–H and O–H groups in total. The molecule has 2 heterocycles. The first kappa shape index (κ1) is 15.7. The predicted octanol–water partition coefficient (Wildman–Crippen LogP) is 2.23. The molecule has 2 rings (SSSR count). The zero-order chi connectivity index (χ0) is 15.2. The number of hydrogen-bond acceptors (Lipinski definition) is 4. The maximum Gasteiger partial charge on any atom is 0.328 e. The second kappa shape index (κ2) is 7.38. The lowest BCUT2D eigenvalue weighted by molar-refractivity contribution is -0.138. The molecule has 0 aromatic carbocycles. The molecule has 1 aliphatic rings. The number of carboxylic acid groups (broad SMARTS) is 1. The summed E-state index contributed by atoms with van der Waals surface area (Å²) >= 11 is 1.52. The number of rotatable bonds is 5. The lowest BCUT2D eigenvalue weighted by Gasteiger charge is -2.26. The zero-order valence-corrected chi connectivity index (χ0v) is 12.8. The molecule has 5 nitrogen and oxygen atoms in total. The minimum atomic E-state index is -0.965. The highest BCUT2D eigenvalue weighted by molar-refractivity contribution is 7.10. The third-order valence-corrected chi connectivity index (χ3v) is 4.31. The average molecular weight is 309 g/mol. The lowest BCUT2D eigenvalue weighted by atomic mass is 10.0. The molecule has 0 spiro atoms. The van der Waals surface area contributed by atoms with Crippen LogP contribution in [0.25, 0.3) is 6.08 Å². The summed E-state index contributed by atoms with van der Waals surface area (Å²) in [5, 5.41) is 10.5. The molecule has 6 heteroatoms. The molecule has 0 saturated carbocycles. The van der Waals surface area contributed by atoms with Crippen LogP contribution >= 0.6 is 11.3 Å². The van der Waals surface area contributed by atoms with Gasteiger partial charge < -0.3 is 14.7 Å². The normalized spacial score (nSPS) is 18.8. The van der Waals surface area contributed by atoms with Crippen LogP contribution in [0, 0.1) is 5.92 Å². The van der Waals surface area contributed by atoms with Gasteiger partial charge in [-0.25, -0.2) is 4.79 Å². The lowest BCUT2D eigenvalue weighted by Crippen LogP contribution is -2.36. The highest BCUT2D eigenvalue weighted by Gasteiger charge is 2.24. The molecule has 0 radical (unpaired) electrons. The van der Waals surface area contributed by atoms with E-state index in [0.717, 1.165) is 36.0 Å². The van der Waals surface area contributed by atoms with Gasteiger partial charge in [-0.2, -0.15) is 0 Å². The van der Waals surface area contributed by atoms with Gasteiger partial charge in [0, 0.05) is 24.6 Å². The Balaban J connectivity index is 1.91. The van der Waals surface area contributed by atoms with E-state index in [2.05, 4.69) is 0 Å². The molecule has 1 atom stereocenters. The summed E-state index contributed by atoms with van der Waals surface area (Å²) in [7, 11) is 1.80. The Kier molecular flexibility index (Phi) is 5.52. The molecule has 114 valence electrons. The first-order valence-corrected chi connectivity index (χ1v) is 7.75. The van der Waals surface area contributed by atoms with E-state index >= 15 is 0 Å². The number of carbonyl (C=O) groups excluding carboxylic acids is 1. The summed E-state index contributed by atoms with van der Waals surface area (Å²) in [5.74, 6) is -0.881. The van der Waals surface area contributed by atoms with E-state index in [4.69, 9.17) is 9.84 Å². The van der Waals surface area contributed by atoms with Crippen LogP contribution in [0.5, 0.6) is 0 Å². The predicted molar refractivity (Wildman–Crippen MR) is 81.0 cm³/mol. The smallest absolute Gasteiger partial charge is 0.328 e. The van der Waals surface area contributed by atoms with Crippen LogP contribution < -0.4 is 0 Å². The van der Waals surface area contributed by atoms with E-state index in [1.54, 1.807) is 18.0 Å². The van der Waals surface area contributed by atoms with Crippen molar-refractivity contribution in [2.24, 2.45) is 5.92 Å². The SMILES string of the molecule is CN(Cc1cc(C=CC(=O)O)cs1)C(=O)C1CCCOC1. The van der Waals surface area contributed by atoms with E-state index in [0.29, 0.717) is 13.2 Å². The summed E-state index contributed by atoms with van der Waals surface area (Å²) in [6.07, 6.45) is 4.49. The first-order valence-electron chi connectivity index (χ1n) is 6.87. The van der Waals surface area contributed by atoms with Crippen LogP contribution in [0.15, 0.2) is 17.5 Å². The second-order valence-corrected chi connectivity index (χ2v) is 6.12. The van der Waals surface area contributed by atoms with Crippen molar-refractivity contribution in [3.8, 4) is 0 Å². The van der Waals surface area contributed by atoms with Gasteiger partial charge in [0.1, 0.15) is 0 Å². The fourth-order valence-corrected chi connectivity index (χ4v) is 3.20. The van der Waals surface area contributed by atoms with Crippen molar-refractivity contribution in [3.05, 3.63) is 28.0 Å². The highest BCUT2D eigenvalue weighted by Crippen LogP contribution is 2.20. The Hall–Kier alpha value is -1.66. The summed E-state index contributed by atoms with van der Waals surface area (Å²) in [4.78, 5) is 25.5. The molecular weight excluding hydrogens is 290 g/mol. The molecular formula is C15H19NO4S. The fraction of sp³-hybridized carbons (Fsp3) is 0.467. The third kappa shape index (κ3) is 4.68. The minimum Gasteiger partial charge on any atom is -0.478 e. The number of thiophene rings is 1. The Morgan fingerprint density at radius 3 is 3.05 bits per heavy atom. The van der Waals surface area contributed by atoms with Gasteiger partial charge in [0.2, 0.25) is 5.91 Å². The van der Waals surface area contributed by atoms with Gasteiger partial charge in [-0.1, -0.05) is 0 Å².